The summed E-state index contributed by atoms with van der Waals surface area (Å²) in [6.45, 7) is 5.20. The number of amides is 3. The van der Waals surface area contributed by atoms with Crippen molar-refractivity contribution in [3.05, 3.63) is 52.5 Å². The number of carbonyl (C=O) groups is 4. The molecule has 2 saturated heterocycles. The number of benzene rings is 1. The van der Waals surface area contributed by atoms with Crippen molar-refractivity contribution in [3.8, 4) is 0 Å². The van der Waals surface area contributed by atoms with Crippen LogP contribution in [-0.2, 0) is 20.8 Å². The number of nitrogens with zero attached hydrogens (tertiary/aromatic N) is 4. The maximum Gasteiger partial charge on any atom is 0.246 e. The molecule has 1 aromatic heterocycles. The Hall–Kier alpha value is -3.80. The van der Waals surface area contributed by atoms with Crippen molar-refractivity contribution in [3.63, 3.8) is 0 Å². The van der Waals surface area contributed by atoms with Crippen LogP contribution in [0, 0.1) is 17.2 Å². The Morgan fingerprint density at radius 2 is 2.00 bits per heavy atom. The summed E-state index contributed by atoms with van der Waals surface area (Å²) < 4.78 is 0. The molecular formula is C31H43N7O4S. The number of carbonyl (C=O) groups excluding carboxylic acids is 4. The quantitative estimate of drug-likeness (QED) is 0.179. The molecule has 0 aliphatic carbocycles. The van der Waals surface area contributed by atoms with Gasteiger partial charge < -0.3 is 25.8 Å². The van der Waals surface area contributed by atoms with Crippen LogP contribution >= 0.6 is 11.3 Å². The molecule has 0 bridgehead atoms. The van der Waals surface area contributed by atoms with Crippen molar-refractivity contribution in [1.82, 2.24) is 25.0 Å². The molecule has 2 aliphatic rings. The topological polar surface area (TPSA) is 153 Å². The summed E-state index contributed by atoms with van der Waals surface area (Å²) in [7, 11) is 0. The smallest absolute Gasteiger partial charge is 0.246 e. The Labute approximate surface area is 257 Å². The van der Waals surface area contributed by atoms with Gasteiger partial charge in [0, 0.05) is 31.2 Å². The number of nitrogens with one attached hydrogen (secondary N) is 2. The van der Waals surface area contributed by atoms with Gasteiger partial charge in [0.15, 0.2) is 11.0 Å². The second-order valence-corrected chi connectivity index (χ2v) is 12.5. The summed E-state index contributed by atoms with van der Waals surface area (Å²) in [5, 5.41) is 12.7. The van der Waals surface area contributed by atoms with Crippen LogP contribution in [0.1, 0.15) is 61.3 Å². The lowest BCUT2D eigenvalue weighted by atomic mass is 9.90. The minimum atomic E-state index is -0.845. The first kappa shape index (κ1) is 32.1. The molecule has 0 radical (unpaired) electrons. The number of likely N-dealkylation sites (tertiary alicyclic amines) is 1. The molecule has 4 rings (SSSR count). The average molecular weight is 610 g/mol. The lowest BCUT2D eigenvalue weighted by Gasteiger charge is -2.42. The van der Waals surface area contributed by atoms with Crippen LogP contribution in [0.5, 0.6) is 0 Å². The number of nitrogens with two attached hydrogens (primary N) is 1. The van der Waals surface area contributed by atoms with E-state index in [4.69, 9.17) is 11.1 Å². The summed E-state index contributed by atoms with van der Waals surface area (Å²) >= 11 is 1.21. The van der Waals surface area contributed by atoms with E-state index in [1.54, 1.807) is 21.4 Å². The van der Waals surface area contributed by atoms with E-state index in [1.807, 2.05) is 44.2 Å². The molecule has 2 aromatic rings. The maximum atomic E-state index is 13.6. The Kier molecular flexibility index (Phi) is 11.3. The van der Waals surface area contributed by atoms with Crippen LogP contribution in [-0.4, -0.2) is 94.0 Å². The zero-order valence-electron chi connectivity index (χ0n) is 25.0. The van der Waals surface area contributed by atoms with Crippen LogP contribution in [0.25, 0.3) is 0 Å². The zero-order valence-corrected chi connectivity index (χ0v) is 25.9. The number of hydrogen-bond acceptors (Lipinski definition) is 7. The van der Waals surface area contributed by atoms with E-state index in [-0.39, 0.29) is 48.5 Å². The minimum absolute atomic E-state index is 0.00462. The van der Waals surface area contributed by atoms with E-state index in [0.29, 0.717) is 37.5 Å². The Balaban J connectivity index is 1.43. The van der Waals surface area contributed by atoms with Crippen LogP contribution < -0.4 is 11.1 Å². The van der Waals surface area contributed by atoms with Gasteiger partial charge in [-0.05, 0) is 49.5 Å². The van der Waals surface area contributed by atoms with Gasteiger partial charge in [0.1, 0.15) is 12.6 Å². The normalized spacial score (nSPS) is 20.6. The molecule has 2 fully saturated rings. The van der Waals surface area contributed by atoms with Gasteiger partial charge >= 0.3 is 0 Å². The van der Waals surface area contributed by atoms with Gasteiger partial charge in [-0.2, -0.15) is 0 Å². The van der Waals surface area contributed by atoms with Gasteiger partial charge in [-0.15, -0.1) is 11.3 Å². The highest BCUT2D eigenvalue weighted by molar-refractivity contribution is 7.11. The lowest BCUT2D eigenvalue weighted by molar-refractivity contribution is -0.159. The van der Waals surface area contributed by atoms with Gasteiger partial charge in [0.25, 0.3) is 0 Å². The number of hydrogen-bond donors (Lipinski definition) is 3. The van der Waals surface area contributed by atoms with E-state index in [1.165, 1.54) is 21.8 Å². The molecule has 2 aliphatic heterocycles. The van der Waals surface area contributed by atoms with Crippen molar-refractivity contribution in [2.75, 3.05) is 32.7 Å². The van der Waals surface area contributed by atoms with Gasteiger partial charge in [-0.25, -0.2) is 4.98 Å². The van der Waals surface area contributed by atoms with Crippen molar-refractivity contribution in [2.45, 2.75) is 64.5 Å². The molecule has 0 saturated carbocycles. The summed E-state index contributed by atoms with van der Waals surface area (Å²) in [6.07, 6.45) is 5.80. The van der Waals surface area contributed by atoms with Crippen LogP contribution in [0.4, 0.5) is 0 Å². The largest absolute Gasteiger partial charge is 0.370 e. The number of aromatic nitrogens is 1. The fourth-order valence-electron chi connectivity index (χ4n) is 6.01. The third-order valence-corrected chi connectivity index (χ3v) is 9.29. The highest BCUT2D eigenvalue weighted by Gasteiger charge is 2.42. The molecule has 4 N–H and O–H groups in total. The molecule has 11 nitrogen and oxygen atoms in total. The van der Waals surface area contributed by atoms with Crippen LogP contribution in [0.2, 0.25) is 0 Å². The van der Waals surface area contributed by atoms with E-state index in [9.17, 15) is 19.2 Å². The number of piperidine rings is 1. The fourth-order valence-corrected chi connectivity index (χ4v) is 6.64. The van der Waals surface area contributed by atoms with Crippen LogP contribution in [0.15, 0.2) is 41.9 Å². The van der Waals surface area contributed by atoms with E-state index >= 15 is 0 Å². The molecule has 43 heavy (non-hydrogen) atoms. The molecule has 3 heterocycles. The fraction of sp³-hybridized carbons (Fsp3) is 0.548. The number of guanidine groups is 1. The van der Waals surface area contributed by atoms with Crippen LogP contribution in [0.3, 0.4) is 0 Å². The molecule has 12 heteroatoms. The molecule has 1 aromatic carbocycles. The first-order valence-electron chi connectivity index (χ1n) is 15.1. The summed E-state index contributed by atoms with van der Waals surface area (Å²) in [5.74, 6) is -1.29. The first-order valence-corrected chi connectivity index (χ1v) is 16.0. The lowest BCUT2D eigenvalue weighted by Crippen LogP contribution is -2.63. The maximum absolute atomic E-state index is 13.6. The number of rotatable bonds is 13. The zero-order chi connectivity index (χ0) is 30.9. The van der Waals surface area contributed by atoms with Crippen molar-refractivity contribution >= 4 is 40.8 Å². The summed E-state index contributed by atoms with van der Waals surface area (Å²) in [4.78, 5) is 62.9. The monoisotopic (exact) mass is 609 g/mol. The van der Waals surface area contributed by atoms with Crippen molar-refractivity contribution in [1.29, 1.82) is 5.41 Å². The Morgan fingerprint density at radius 1 is 1.23 bits per heavy atom. The number of aryl methyl sites for hydroxylation is 1. The molecule has 4 atom stereocenters. The van der Waals surface area contributed by atoms with E-state index < -0.39 is 18.0 Å². The highest BCUT2D eigenvalue weighted by atomic mass is 32.1. The SMILES string of the molecule is CCC(C)[C@H]1C(=O)N(CCCc2ccccc2)CC(=O)N1CC(=O)N[C@@H](C[C@@H]1CCCN(C(=N)N)C1)C(=O)c1nccs1. The van der Waals surface area contributed by atoms with Crippen molar-refractivity contribution in [2.24, 2.45) is 17.6 Å². The minimum Gasteiger partial charge on any atom is -0.370 e. The number of thiazole rings is 1. The predicted molar refractivity (Wildman–Crippen MR) is 166 cm³/mol. The predicted octanol–water partition coefficient (Wildman–Crippen LogP) is 2.52. The van der Waals surface area contributed by atoms with Crippen molar-refractivity contribution < 1.29 is 19.2 Å². The van der Waals surface area contributed by atoms with Gasteiger partial charge in [0.05, 0.1) is 12.6 Å². The average Bonchev–Trinajstić information content (AvgIpc) is 3.54. The molecular weight excluding hydrogens is 566 g/mol. The number of Topliss-reactive ketones (excluding diaryl/α,β-unsaturated/α-hetero) is 1. The Morgan fingerprint density at radius 3 is 2.67 bits per heavy atom. The van der Waals surface area contributed by atoms with E-state index in [0.717, 1.165) is 25.7 Å². The van der Waals surface area contributed by atoms with Gasteiger partial charge in [-0.3, -0.25) is 24.6 Å². The highest BCUT2D eigenvalue weighted by Crippen LogP contribution is 2.25. The number of piperazine rings is 1. The third kappa shape index (κ3) is 8.40. The molecule has 0 spiro atoms. The van der Waals surface area contributed by atoms with E-state index in [2.05, 4.69) is 10.3 Å². The Bertz CT molecular complexity index is 1270. The summed E-state index contributed by atoms with van der Waals surface area (Å²) in [5.41, 5.74) is 6.89. The molecule has 3 amide bonds. The van der Waals surface area contributed by atoms with Gasteiger partial charge in [-0.1, -0.05) is 50.6 Å². The molecule has 232 valence electrons. The third-order valence-electron chi connectivity index (χ3n) is 8.50. The molecule has 1 unspecified atom stereocenters. The second-order valence-electron chi connectivity index (χ2n) is 11.6. The summed E-state index contributed by atoms with van der Waals surface area (Å²) in [6, 6.07) is 8.44. The second kappa shape index (κ2) is 15.1. The first-order chi connectivity index (χ1) is 20.7. The van der Waals surface area contributed by atoms with Gasteiger partial charge in [0.2, 0.25) is 23.5 Å². The standard InChI is InChI=1S/C31H43N7O4S/c1-3-21(2)27-30(42)36(14-7-11-22-9-5-4-6-10-22)20-26(40)38(27)19-25(39)35-24(28(41)29-34-13-16-43-29)17-23-12-8-15-37(18-23)31(32)33/h4-6,9-10,13,16,21,23-24,27H,3,7-8,11-12,14-15,17-20H2,1-2H3,(H3,32,33)(H,35,39)/t21?,23-,24-,27-/m0/s1. The number of ketones is 1.